The van der Waals surface area contributed by atoms with E-state index in [1.807, 2.05) is 32.0 Å². The fraction of sp³-hybridized carbons (Fsp3) is 0.263. The predicted octanol–water partition coefficient (Wildman–Crippen LogP) is 5.93. The summed E-state index contributed by atoms with van der Waals surface area (Å²) in [6.45, 7) is 4.09. The molecule has 1 heterocycles. The number of anilines is 1. The minimum Gasteiger partial charge on any atom is -0.493 e. The fourth-order valence-corrected chi connectivity index (χ4v) is 3.65. The van der Waals surface area contributed by atoms with Crippen molar-refractivity contribution in [2.45, 2.75) is 29.8 Å². The maximum absolute atomic E-state index is 6.14. The van der Waals surface area contributed by atoms with Crippen LogP contribution in [0.4, 0.5) is 5.82 Å². The standard InChI is InChI=1S/C19H19Cl2N3O2S/c1-10(2)22-18-19(24-15-9-13(21)12(20)8-14(15)23-18)27-11-5-6-16(25-3)17(7-11)26-4/h5-10H,1-4H3,(H,22,23). The zero-order valence-corrected chi connectivity index (χ0v) is 17.7. The highest BCUT2D eigenvalue weighted by molar-refractivity contribution is 7.99. The number of aromatic nitrogens is 2. The highest BCUT2D eigenvalue weighted by Gasteiger charge is 2.14. The summed E-state index contributed by atoms with van der Waals surface area (Å²) in [6.07, 6.45) is 0. The van der Waals surface area contributed by atoms with Crippen LogP contribution in [-0.2, 0) is 0 Å². The summed E-state index contributed by atoms with van der Waals surface area (Å²) in [7, 11) is 3.22. The molecule has 0 spiro atoms. The molecule has 27 heavy (non-hydrogen) atoms. The Labute approximate surface area is 172 Å². The molecule has 0 unspecified atom stereocenters. The molecule has 3 aromatic rings. The monoisotopic (exact) mass is 423 g/mol. The number of ether oxygens (including phenoxy) is 2. The molecule has 0 amide bonds. The quantitative estimate of drug-likeness (QED) is 0.530. The molecule has 0 atom stereocenters. The summed E-state index contributed by atoms with van der Waals surface area (Å²) in [5, 5.41) is 4.98. The van der Waals surface area contributed by atoms with Gasteiger partial charge in [-0.25, -0.2) is 9.97 Å². The number of nitrogens with zero attached hydrogens (tertiary/aromatic N) is 2. The molecular formula is C19H19Cl2N3O2S. The van der Waals surface area contributed by atoms with Gasteiger partial charge in [-0.15, -0.1) is 0 Å². The maximum atomic E-state index is 6.14. The number of halogens is 2. The van der Waals surface area contributed by atoms with E-state index in [4.69, 9.17) is 42.6 Å². The van der Waals surface area contributed by atoms with E-state index in [2.05, 4.69) is 5.32 Å². The van der Waals surface area contributed by atoms with Crippen molar-refractivity contribution in [3.8, 4) is 11.5 Å². The van der Waals surface area contributed by atoms with Crippen LogP contribution >= 0.6 is 35.0 Å². The molecule has 2 aromatic carbocycles. The van der Waals surface area contributed by atoms with Crippen molar-refractivity contribution in [2.24, 2.45) is 0 Å². The van der Waals surface area contributed by atoms with Crippen molar-refractivity contribution >= 4 is 51.8 Å². The second-order valence-electron chi connectivity index (χ2n) is 6.05. The first-order valence-electron chi connectivity index (χ1n) is 8.24. The number of fused-ring (bicyclic) bond motifs is 1. The molecule has 1 N–H and O–H groups in total. The topological polar surface area (TPSA) is 56.3 Å². The predicted molar refractivity (Wildman–Crippen MR) is 112 cm³/mol. The Morgan fingerprint density at radius 3 is 2.15 bits per heavy atom. The average Bonchev–Trinajstić information content (AvgIpc) is 2.63. The van der Waals surface area contributed by atoms with Gasteiger partial charge in [-0.2, -0.15) is 0 Å². The van der Waals surface area contributed by atoms with Crippen LogP contribution in [0.1, 0.15) is 13.8 Å². The van der Waals surface area contributed by atoms with Crippen LogP contribution in [0.2, 0.25) is 10.0 Å². The molecule has 3 rings (SSSR count). The lowest BCUT2D eigenvalue weighted by Crippen LogP contribution is -2.12. The lowest BCUT2D eigenvalue weighted by Gasteiger charge is -2.15. The number of hydrogen-bond donors (Lipinski definition) is 1. The van der Waals surface area contributed by atoms with E-state index in [0.29, 0.717) is 38.4 Å². The Morgan fingerprint density at radius 2 is 1.56 bits per heavy atom. The van der Waals surface area contributed by atoms with Crippen LogP contribution in [-0.4, -0.2) is 30.2 Å². The molecule has 0 aliphatic carbocycles. The van der Waals surface area contributed by atoms with Gasteiger partial charge in [-0.05, 0) is 44.2 Å². The third-order valence-corrected chi connectivity index (χ3v) is 5.36. The van der Waals surface area contributed by atoms with Crippen molar-refractivity contribution in [1.82, 2.24) is 9.97 Å². The van der Waals surface area contributed by atoms with E-state index in [-0.39, 0.29) is 6.04 Å². The Hall–Kier alpha value is -1.89. The molecule has 8 heteroatoms. The van der Waals surface area contributed by atoms with Gasteiger partial charge < -0.3 is 14.8 Å². The second kappa shape index (κ2) is 8.42. The minimum atomic E-state index is 0.198. The van der Waals surface area contributed by atoms with Gasteiger partial charge in [-0.1, -0.05) is 35.0 Å². The van der Waals surface area contributed by atoms with Crippen molar-refractivity contribution in [3.63, 3.8) is 0 Å². The first kappa shape index (κ1) is 19.9. The number of methoxy groups -OCH3 is 2. The molecular weight excluding hydrogens is 405 g/mol. The lowest BCUT2D eigenvalue weighted by atomic mass is 10.3. The highest BCUT2D eigenvalue weighted by Crippen LogP contribution is 2.38. The lowest BCUT2D eigenvalue weighted by molar-refractivity contribution is 0.354. The third kappa shape index (κ3) is 4.51. The summed E-state index contributed by atoms with van der Waals surface area (Å²) in [5.74, 6) is 2.02. The Balaban J connectivity index is 2.07. The highest BCUT2D eigenvalue weighted by atomic mass is 35.5. The second-order valence-corrected chi connectivity index (χ2v) is 7.93. The van der Waals surface area contributed by atoms with Crippen LogP contribution in [0, 0.1) is 0 Å². The van der Waals surface area contributed by atoms with E-state index in [1.54, 1.807) is 26.4 Å². The van der Waals surface area contributed by atoms with E-state index in [1.165, 1.54) is 11.8 Å². The summed E-state index contributed by atoms with van der Waals surface area (Å²) in [6, 6.07) is 9.37. The molecule has 0 aliphatic heterocycles. The molecule has 0 bridgehead atoms. The van der Waals surface area contributed by atoms with Crippen LogP contribution in [0.5, 0.6) is 11.5 Å². The van der Waals surface area contributed by atoms with Gasteiger partial charge in [0.25, 0.3) is 0 Å². The molecule has 5 nitrogen and oxygen atoms in total. The molecule has 0 saturated carbocycles. The first-order valence-corrected chi connectivity index (χ1v) is 9.81. The minimum absolute atomic E-state index is 0.198. The molecule has 0 aliphatic rings. The van der Waals surface area contributed by atoms with Crippen molar-refractivity contribution in [3.05, 3.63) is 40.4 Å². The summed E-state index contributed by atoms with van der Waals surface area (Å²) >= 11 is 13.8. The summed E-state index contributed by atoms with van der Waals surface area (Å²) < 4.78 is 10.7. The van der Waals surface area contributed by atoms with Crippen LogP contribution in [0.15, 0.2) is 40.3 Å². The van der Waals surface area contributed by atoms with Gasteiger partial charge in [-0.3, -0.25) is 0 Å². The normalized spacial score (nSPS) is 11.1. The molecule has 0 saturated heterocycles. The SMILES string of the molecule is COc1ccc(Sc2nc3cc(Cl)c(Cl)cc3nc2NC(C)C)cc1OC. The number of nitrogens with one attached hydrogen (secondary N) is 1. The van der Waals surface area contributed by atoms with Gasteiger partial charge in [0, 0.05) is 10.9 Å². The smallest absolute Gasteiger partial charge is 0.161 e. The van der Waals surface area contributed by atoms with E-state index >= 15 is 0 Å². The van der Waals surface area contributed by atoms with Crippen molar-refractivity contribution in [2.75, 3.05) is 19.5 Å². The Kier molecular flexibility index (Phi) is 6.19. The number of rotatable bonds is 6. The van der Waals surface area contributed by atoms with Gasteiger partial charge in [0.05, 0.1) is 35.3 Å². The van der Waals surface area contributed by atoms with E-state index < -0.39 is 0 Å². The third-order valence-electron chi connectivity index (χ3n) is 3.67. The summed E-state index contributed by atoms with van der Waals surface area (Å²) in [4.78, 5) is 10.4. The molecule has 142 valence electrons. The largest absolute Gasteiger partial charge is 0.493 e. The number of hydrogen-bond acceptors (Lipinski definition) is 6. The molecule has 0 radical (unpaired) electrons. The van der Waals surface area contributed by atoms with Crippen LogP contribution in [0.3, 0.4) is 0 Å². The van der Waals surface area contributed by atoms with Crippen LogP contribution < -0.4 is 14.8 Å². The number of benzene rings is 2. The van der Waals surface area contributed by atoms with Gasteiger partial charge in [0.1, 0.15) is 5.03 Å². The van der Waals surface area contributed by atoms with E-state index in [0.717, 1.165) is 9.92 Å². The van der Waals surface area contributed by atoms with Gasteiger partial charge >= 0.3 is 0 Å². The van der Waals surface area contributed by atoms with Crippen molar-refractivity contribution in [1.29, 1.82) is 0 Å². The average molecular weight is 424 g/mol. The van der Waals surface area contributed by atoms with Crippen molar-refractivity contribution < 1.29 is 9.47 Å². The summed E-state index contributed by atoms with van der Waals surface area (Å²) in [5.41, 5.74) is 1.37. The Bertz CT molecular complexity index is 983. The maximum Gasteiger partial charge on any atom is 0.161 e. The fourth-order valence-electron chi connectivity index (χ4n) is 2.47. The van der Waals surface area contributed by atoms with E-state index in [9.17, 15) is 0 Å². The van der Waals surface area contributed by atoms with Gasteiger partial charge in [0.2, 0.25) is 0 Å². The van der Waals surface area contributed by atoms with Crippen LogP contribution in [0.25, 0.3) is 11.0 Å². The van der Waals surface area contributed by atoms with Gasteiger partial charge in [0.15, 0.2) is 17.3 Å². The zero-order chi connectivity index (χ0) is 19.6. The zero-order valence-electron chi connectivity index (χ0n) is 15.3. The first-order chi connectivity index (χ1) is 12.9. The Morgan fingerprint density at radius 1 is 0.926 bits per heavy atom. The molecule has 0 fully saturated rings. The molecule has 1 aromatic heterocycles.